The Labute approximate surface area is 131 Å². The van der Waals surface area contributed by atoms with Crippen molar-refractivity contribution in [2.75, 3.05) is 13.2 Å². The van der Waals surface area contributed by atoms with E-state index in [4.69, 9.17) is 9.16 Å². The smallest absolute Gasteiger partial charge is 0.330 e. The predicted octanol–water partition coefficient (Wildman–Crippen LogP) is 4.54. The number of ether oxygens (including phenoxy) is 1. The van der Waals surface area contributed by atoms with Crippen LogP contribution in [0.15, 0.2) is 12.2 Å². The van der Waals surface area contributed by atoms with Crippen LogP contribution < -0.4 is 0 Å². The highest BCUT2D eigenvalue weighted by Gasteiger charge is 2.38. The molecule has 2 atom stereocenters. The number of esters is 1. The Morgan fingerprint density at radius 1 is 1.29 bits per heavy atom. The van der Waals surface area contributed by atoms with Crippen LogP contribution in [0.25, 0.3) is 0 Å². The van der Waals surface area contributed by atoms with Crippen molar-refractivity contribution in [1.29, 1.82) is 0 Å². The Balaban J connectivity index is 2.53. The maximum absolute atomic E-state index is 11.4. The van der Waals surface area contributed by atoms with Gasteiger partial charge in [0.05, 0.1) is 6.61 Å². The molecule has 0 spiro atoms. The highest BCUT2D eigenvalue weighted by atomic mass is 28.4. The van der Waals surface area contributed by atoms with Gasteiger partial charge in [-0.2, -0.15) is 0 Å². The van der Waals surface area contributed by atoms with Gasteiger partial charge in [0.2, 0.25) is 0 Å². The van der Waals surface area contributed by atoms with Crippen LogP contribution in [0.2, 0.25) is 18.1 Å². The molecule has 1 rings (SSSR count). The number of carbonyl (C=O) groups is 1. The molecule has 0 aromatic heterocycles. The summed E-state index contributed by atoms with van der Waals surface area (Å²) in [6.45, 7) is 14.5. The van der Waals surface area contributed by atoms with Gasteiger partial charge in [-0.15, -0.1) is 0 Å². The fourth-order valence-corrected chi connectivity index (χ4v) is 3.51. The lowest BCUT2D eigenvalue weighted by atomic mass is 9.96. The first-order valence-corrected chi connectivity index (χ1v) is 11.1. The lowest BCUT2D eigenvalue weighted by Crippen LogP contribution is -2.42. The molecule has 0 aliphatic heterocycles. The van der Waals surface area contributed by atoms with Gasteiger partial charge in [-0.25, -0.2) is 4.79 Å². The first-order chi connectivity index (χ1) is 9.67. The molecule has 0 aromatic carbocycles. The summed E-state index contributed by atoms with van der Waals surface area (Å²) >= 11 is 0. The molecular formula is C17H32O3Si. The number of hydrogen-bond acceptors (Lipinski definition) is 3. The lowest BCUT2D eigenvalue weighted by Gasteiger charge is -2.37. The molecule has 0 aromatic rings. The van der Waals surface area contributed by atoms with Crippen molar-refractivity contribution < 1.29 is 14.0 Å². The monoisotopic (exact) mass is 312 g/mol. The zero-order chi connectivity index (χ0) is 16.1. The molecule has 0 saturated heterocycles. The van der Waals surface area contributed by atoms with E-state index in [0.29, 0.717) is 18.4 Å². The second-order valence-corrected chi connectivity index (χ2v) is 12.3. The van der Waals surface area contributed by atoms with Crippen molar-refractivity contribution in [3.63, 3.8) is 0 Å². The highest BCUT2D eigenvalue weighted by Crippen LogP contribution is 2.39. The van der Waals surface area contributed by atoms with Crippen molar-refractivity contribution in [2.24, 2.45) is 11.8 Å². The van der Waals surface area contributed by atoms with Gasteiger partial charge in [0.1, 0.15) is 0 Å². The molecule has 1 aliphatic carbocycles. The summed E-state index contributed by atoms with van der Waals surface area (Å²) in [4.78, 5) is 11.4. The molecule has 0 N–H and O–H groups in total. The molecule has 4 heteroatoms. The van der Waals surface area contributed by atoms with Gasteiger partial charge in [0.15, 0.2) is 8.32 Å². The topological polar surface area (TPSA) is 35.5 Å². The Morgan fingerprint density at radius 3 is 2.52 bits per heavy atom. The molecule has 0 unspecified atom stereocenters. The summed E-state index contributed by atoms with van der Waals surface area (Å²) in [5.41, 5.74) is 0. The number of allylic oxidation sites excluding steroid dienone is 1. The zero-order valence-corrected chi connectivity index (χ0v) is 15.6. The van der Waals surface area contributed by atoms with E-state index in [1.54, 1.807) is 6.08 Å². The van der Waals surface area contributed by atoms with Crippen LogP contribution in [0, 0.1) is 11.8 Å². The Morgan fingerprint density at radius 2 is 1.95 bits per heavy atom. The molecule has 0 radical (unpaired) electrons. The first kappa shape index (κ1) is 18.4. The SMILES string of the molecule is CCOC(=O)/C=C/[C@H]1CCC[C@H]1CO[Si](C)(C)C(C)(C)C. The minimum atomic E-state index is -1.68. The molecule has 1 aliphatic rings. The molecule has 122 valence electrons. The van der Waals surface area contributed by atoms with E-state index < -0.39 is 8.32 Å². The van der Waals surface area contributed by atoms with Gasteiger partial charge in [-0.3, -0.25) is 0 Å². The van der Waals surface area contributed by atoms with Gasteiger partial charge in [-0.1, -0.05) is 33.3 Å². The van der Waals surface area contributed by atoms with E-state index in [1.807, 2.05) is 13.0 Å². The molecule has 1 saturated carbocycles. The van der Waals surface area contributed by atoms with Gasteiger partial charge >= 0.3 is 5.97 Å². The van der Waals surface area contributed by atoms with Crippen LogP contribution in [0.5, 0.6) is 0 Å². The molecule has 0 amide bonds. The van der Waals surface area contributed by atoms with Crippen LogP contribution >= 0.6 is 0 Å². The van der Waals surface area contributed by atoms with Crippen LogP contribution in [0.3, 0.4) is 0 Å². The summed E-state index contributed by atoms with van der Waals surface area (Å²) in [6, 6.07) is 0. The summed E-state index contributed by atoms with van der Waals surface area (Å²) in [7, 11) is -1.68. The molecule has 0 bridgehead atoms. The van der Waals surface area contributed by atoms with Crippen molar-refractivity contribution in [3.05, 3.63) is 12.2 Å². The fraction of sp³-hybridized carbons (Fsp3) is 0.824. The van der Waals surface area contributed by atoms with Crippen LogP contribution in [-0.4, -0.2) is 27.5 Å². The van der Waals surface area contributed by atoms with Gasteiger partial charge in [0, 0.05) is 12.7 Å². The zero-order valence-electron chi connectivity index (χ0n) is 14.6. The largest absolute Gasteiger partial charge is 0.463 e. The standard InChI is InChI=1S/C17H32O3Si/c1-7-19-16(18)12-11-14-9-8-10-15(14)13-20-21(5,6)17(2,3)4/h11-12,14-15H,7-10,13H2,1-6H3/b12-11+/t14-,15+/m1/s1. The average Bonchev–Trinajstić information content (AvgIpc) is 2.80. The molecule has 21 heavy (non-hydrogen) atoms. The normalized spacial score (nSPS) is 23.7. The van der Waals surface area contributed by atoms with Crippen molar-refractivity contribution in [2.45, 2.75) is 65.1 Å². The maximum Gasteiger partial charge on any atom is 0.330 e. The van der Waals surface area contributed by atoms with E-state index in [-0.39, 0.29) is 11.0 Å². The second-order valence-electron chi connectivity index (χ2n) is 7.54. The Kier molecular flexibility index (Phi) is 6.66. The maximum atomic E-state index is 11.4. The van der Waals surface area contributed by atoms with Gasteiger partial charge < -0.3 is 9.16 Å². The van der Waals surface area contributed by atoms with Crippen LogP contribution in [0.1, 0.15) is 47.0 Å². The second kappa shape index (κ2) is 7.59. The van der Waals surface area contributed by atoms with E-state index in [2.05, 4.69) is 33.9 Å². The third-order valence-electron chi connectivity index (χ3n) is 4.95. The summed E-state index contributed by atoms with van der Waals surface area (Å²) in [6.07, 6.45) is 7.21. The third-order valence-corrected chi connectivity index (χ3v) is 9.45. The minimum Gasteiger partial charge on any atom is -0.463 e. The van der Waals surface area contributed by atoms with Crippen molar-refractivity contribution in [1.82, 2.24) is 0 Å². The van der Waals surface area contributed by atoms with E-state index in [1.165, 1.54) is 12.8 Å². The van der Waals surface area contributed by atoms with Crippen LogP contribution in [0.4, 0.5) is 0 Å². The fourth-order valence-electron chi connectivity index (χ4n) is 2.45. The van der Waals surface area contributed by atoms with Crippen molar-refractivity contribution in [3.8, 4) is 0 Å². The van der Waals surface area contributed by atoms with Crippen molar-refractivity contribution >= 4 is 14.3 Å². The molecule has 0 heterocycles. The molecular weight excluding hydrogens is 280 g/mol. The third kappa shape index (κ3) is 5.59. The van der Waals surface area contributed by atoms with E-state index >= 15 is 0 Å². The summed E-state index contributed by atoms with van der Waals surface area (Å²) in [5.74, 6) is 0.775. The first-order valence-electron chi connectivity index (χ1n) is 8.16. The average molecular weight is 313 g/mol. The lowest BCUT2D eigenvalue weighted by molar-refractivity contribution is -0.137. The summed E-state index contributed by atoms with van der Waals surface area (Å²) < 4.78 is 11.3. The predicted molar refractivity (Wildman–Crippen MR) is 89.8 cm³/mol. The quantitative estimate of drug-likeness (QED) is 0.410. The Hall–Kier alpha value is -0.613. The van der Waals surface area contributed by atoms with E-state index in [0.717, 1.165) is 13.0 Å². The van der Waals surface area contributed by atoms with Gasteiger partial charge in [-0.05, 0) is 49.7 Å². The molecule has 3 nitrogen and oxygen atoms in total. The summed E-state index contributed by atoms with van der Waals surface area (Å²) in [5, 5.41) is 0.252. The number of hydrogen-bond donors (Lipinski definition) is 0. The highest BCUT2D eigenvalue weighted by molar-refractivity contribution is 6.74. The minimum absolute atomic E-state index is 0.228. The van der Waals surface area contributed by atoms with Gasteiger partial charge in [0.25, 0.3) is 0 Å². The molecule has 1 fully saturated rings. The van der Waals surface area contributed by atoms with E-state index in [9.17, 15) is 4.79 Å². The number of rotatable bonds is 6. The van der Waals surface area contributed by atoms with Crippen LogP contribution in [-0.2, 0) is 14.0 Å². The Bertz CT molecular complexity index is 369. The number of carbonyl (C=O) groups excluding carboxylic acids is 1.